The van der Waals surface area contributed by atoms with Crippen LogP contribution in [0.25, 0.3) is 21.5 Å². The Balaban J connectivity index is 1.59. The van der Waals surface area contributed by atoms with Crippen LogP contribution in [0.15, 0.2) is 29.3 Å². The van der Waals surface area contributed by atoms with Crippen molar-refractivity contribution in [2.45, 2.75) is 11.9 Å². The van der Waals surface area contributed by atoms with Gasteiger partial charge >= 0.3 is 0 Å². The molecule has 7 nitrogen and oxygen atoms in total. The van der Waals surface area contributed by atoms with E-state index >= 15 is 0 Å². The number of benzene rings is 1. The van der Waals surface area contributed by atoms with Gasteiger partial charge in [0.25, 0.3) is 0 Å². The van der Waals surface area contributed by atoms with Crippen molar-refractivity contribution in [3.63, 3.8) is 0 Å². The highest BCUT2D eigenvalue weighted by atomic mass is 32.2. The number of thioether (sulfide) groups is 1. The number of aromatic nitrogens is 3. The number of rotatable bonds is 5. The van der Waals surface area contributed by atoms with Crippen molar-refractivity contribution < 1.29 is 14.3 Å². The fourth-order valence-electron chi connectivity index (χ4n) is 2.99. The first kappa shape index (κ1) is 19.1. The first-order valence-electron chi connectivity index (χ1n) is 8.92. The zero-order valence-corrected chi connectivity index (χ0v) is 17.3. The van der Waals surface area contributed by atoms with E-state index in [1.807, 2.05) is 36.1 Å². The number of methoxy groups -OCH3 is 1. The Morgan fingerprint density at radius 3 is 2.71 bits per heavy atom. The molecule has 0 N–H and O–H groups in total. The summed E-state index contributed by atoms with van der Waals surface area (Å²) in [6.07, 6.45) is 0. The van der Waals surface area contributed by atoms with Crippen LogP contribution in [0.5, 0.6) is 5.75 Å². The number of fused-ring (bicyclic) bond motifs is 1. The SMILES string of the molecule is COc1ccc(-c2nnc(SCC(=O)N3CCOCC3)c3nc(C)sc23)cc1. The summed E-state index contributed by atoms with van der Waals surface area (Å²) in [7, 11) is 1.64. The van der Waals surface area contributed by atoms with Crippen molar-refractivity contribution in [2.24, 2.45) is 0 Å². The number of aryl methyl sites for hydroxylation is 1. The van der Waals surface area contributed by atoms with Crippen LogP contribution in [0.3, 0.4) is 0 Å². The quantitative estimate of drug-likeness (QED) is 0.592. The molecule has 1 aliphatic heterocycles. The third kappa shape index (κ3) is 3.96. The maximum Gasteiger partial charge on any atom is 0.233 e. The van der Waals surface area contributed by atoms with Crippen LogP contribution in [0.4, 0.5) is 0 Å². The van der Waals surface area contributed by atoms with Crippen LogP contribution in [-0.2, 0) is 9.53 Å². The summed E-state index contributed by atoms with van der Waals surface area (Å²) < 4.78 is 11.5. The summed E-state index contributed by atoms with van der Waals surface area (Å²) in [6, 6.07) is 7.74. The second-order valence-electron chi connectivity index (χ2n) is 6.27. The average Bonchev–Trinajstić information content (AvgIpc) is 3.14. The highest BCUT2D eigenvalue weighted by Gasteiger charge is 2.20. The van der Waals surface area contributed by atoms with Crippen molar-refractivity contribution in [1.29, 1.82) is 0 Å². The van der Waals surface area contributed by atoms with Gasteiger partial charge < -0.3 is 14.4 Å². The van der Waals surface area contributed by atoms with Gasteiger partial charge in [0.15, 0.2) is 0 Å². The highest BCUT2D eigenvalue weighted by Crippen LogP contribution is 2.35. The molecule has 3 aromatic rings. The zero-order chi connectivity index (χ0) is 19.5. The second-order valence-corrected chi connectivity index (χ2v) is 8.44. The van der Waals surface area contributed by atoms with Crippen molar-refractivity contribution in [3.8, 4) is 17.0 Å². The summed E-state index contributed by atoms with van der Waals surface area (Å²) in [6.45, 7) is 4.46. The monoisotopic (exact) mass is 416 g/mol. The minimum atomic E-state index is 0.0921. The summed E-state index contributed by atoms with van der Waals surface area (Å²) in [5.74, 6) is 1.21. The van der Waals surface area contributed by atoms with Gasteiger partial charge in [0.05, 0.1) is 35.8 Å². The third-order valence-corrected chi connectivity index (χ3v) is 6.37. The Kier molecular flexibility index (Phi) is 5.74. The Morgan fingerprint density at radius 2 is 2.00 bits per heavy atom. The molecule has 0 saturated carbocycles. The van der Waals surface area contributed by atoms with Gasteiger partial charge in [0.2, 0.25) is 5.91 Å². The van der Waals surface area contributed by atoms with E-state index in [4.69, 9.17) is 9.47 Å². The lowest BCUT2D eigenvalue weighted by Gasteiger charge is -2.26. The molecule has 9 heteroatoms. The smallest absolute Gasteiger partial charge is 0.233 e. The molecule has 1 fully saturated rings. The predicted molar refractivity (Wildman–Crippen MR) is 110 cm³/mol. The molecular formula is C19H20N4O3S2. The van der Waals surface area contributed by atoms with Crippen molar-refractivity contribution in [2.75, 3.05) is 39.2 Å². The van der Waals surface area contributed by atoms with Crippen LogP contribution in [0.2, 0.25) is 0 Å². The van der Waals surface area contributed by atoms with E-state index in [2.05, 4.69) is 15.2 Å². The molecule has 0 spiro atoms. The fraction of sp³-hybridized carbons (Fsp3) is 0.368. The molecule has 1 aromatic carbocycles. The average molecular weight is 417 g/mol. The lowest BCUT2D eigenvalue weighted by molar-refractivity contribution is -0.132. The lowest BCUT2D eigenvalue weighted by atomic mass is 10.1. The number of thiazole rings is 1. The Bertz CT molecular complexity index is 985. The molecule has 3 heterocycles. The predicted octanol–water partition coefficient (Wildman–Crippen LogP) is 3.02. The van der Waals surface area contributed by atoms with E-state index < -0.39 is 0 Å². The lowest BCUT2D eigenvalue weighted by Crippen LogP contribution is -2.41. The van der Waals surface area contributed by atoms with Gasteiger partial charge in [-0.1, -0.05) is 11.8 Å². The molecule has 1 amide bonds. The number of amides is 1. The number of nitrogens with zero attached hydrogens (tertiary/aromatic N) is 4. The Labute approximate surface area is 171 Å². The largest absolute Gasteiger partial charge is 0.497 e. The molecule has 0 aliphatic carbocycles. The number of morpholine rings is 1. The Hall–Kier alpha value is -2.23. The van der Waals surface area contributed by atoms with E-state index in [-0.39, 0.29) is 5.91 Å². The standard InChI is InChI=1S/C19H20N4O3S2/c1-12-20-17-18(28-12)16(13-3-5-14(25-2)6-4-13)21-22-19(17)27-11-15(24)23-7-9-26-10-8-23/h3-6H,7-11H2,1-2H3. The zero-order valence-electron chi connectivity index (χ0n) is 15.7. The van der Waals surface area contributed by atoms with Gasteiger partial charge in [-0.2, -0.15) is 0 Å². The van der Waals surface area contributed by atoms with Crippen LogP contribution < -0.4 is 4.74 Å². The normalized spacial score (nSPS) is 14.4. The summed E-state index contributed by atoms with van der Waals surface area (Å²) >= 11 is 2.98. The van der Waals surface area contributed by atoms with E-state index in [0.29, 0.717) is 37.1 Å². The molecule has 2 aromatic heterocycles. The maximum atomic E-state index is 12.4. The molecule has 4 rings (SSSR count). The van der Waals surface area contributed by atoms with Gasteiger partial charge in [-0.15, -0.1) is 21.5 Å². The molecule has 1 saturated heterocycles. The molecule has 146 valence electrons. The first-order valence-corrected chi connectivity index (χ1v) is 10.7. The number of carbonyl (C=O) groups excluding carboxylic acids is 1. The van der Waals surface area contributed by atoms with Gasteiger partial charge in [0.1, 0.15) is 22.0 Å². The number of ether oxygens (including phenoxy) is 2. The fourth-order valence-corrected chi connectivity index (χ4v) is 4.81. The van der Waals surface area contributed by atoms with Gasteiger partial charge in [-0.3, -0.25) is 4.79 Å². The van der Waals surface area contributed by atoms with Crippen LogP contribution in [0.1, 0.15) is 5.01 Å². The summed E-state index contributed by atoms with van der Waals surface area (Å²) in [4.78, 5) is 18.9. The van der Waals surface area contributed by atoms with Crippen molar-refractivity contribution in [3.05, 3.63) is 29.3 Å². The van der Waals surface area contributed by atoms with Crippen LogP contribution in [0, 0.1) is 6.92 Å². The minimum absolute atomic E-state index is 0.0921. The van der Waals surface area contributed by atoms with Gasteiger partial charge in [-0.25, -0.2) is 4.98 Å². The van der Waals surface area contributed by atoms with Crippen LogP contribution in [-0.4, -0.2) is 65.2 Å². The molecule has 0 unspecified atom stereocenters. The number of hydrogen-bond donors (Lipinski definition) is 0. The van der Waals surface area contributed by atoms with E-state index in [1.165, 1.54) is 11.8 Å². The van der Waals surface area contributed by atoms with Crippen molar-refractivity contribution in [1.82, 2.24) is 20.1 Å². The van der Waals surface area contributed by atoms with Gasteiger partial charge in [0, 0.05) is 18.7 Å². The second kappa shape index (κ2) is 8.42. The number of carbonyl (C=O) groups is 1. The first-order chi connectivity index (χ1) is 13.7. The summed E-state index contributed by atoms with van der Waals surface area (Å²) in [5, 5.41) is 10.5. The van der Waals surface area contributed by atoms with E-state index in [9.17, 15) is 4.79 Å². The molecule has 1 aliphatic rings. The highest BCUT2D eigenvalue weighted by molar-refractivity contribution is 8.00. The molecule has 0 bridgehead atoms. The summed E-state index contributed by atoms with van der Waals surface area (Å²) in [5.41, 5.74) is 2.57. The number of hydrogen-bond acceptors (Lipinski definition) is 8. The molecule has 28 heavy (non-hydrogen) atoms. The topological polar surface area (TPSA) is 77.4 Å². The van der Waals surface area contributed by atoms with Crippen LogP contribution >= 0.6 is 23.1 Å². The Morgan fingerprint density at radius 1 is 1.25 bits per heavy atom. The maximum absolute atomic E-state index is 12.4. The van der Waals surface area contributed by atoms with Gasteiger partial charge in [-0.05, 0) is 31.2 Å². The van der Waals surface area contributed by atoms with Crippen molar-refractivity contribution >= 4 is 39.2 Å². The molecular weight excluding hydrogens is 396 g/mol. The molecule has 0 atom stereocenters. The van der Waals surface area contributed by atoms with E-state index in [0.717, 1.165) is 32.2 Å². The van der Waals surface area contributed by atoms with E-state index in [1.54, 1.807) is 18.4 Å². The molecule has 0 radical (unpaired) electrons. The third-order valence-electron chi connectivity index (χ3n) is 4.45. The minimum Gasteiger partial charge on any atom is -0.497 e.